The Labute approximate surface area is 139 Å². The number of aromatic hydroxyl groups is 1. The molecule has 0 bridgehead atoms. The number of fused-ring (bicyclic) bond motifs is 6. The topological polar surface area (TPSA) is 109 Å². The number of carboxylic acids is 1. The summed E-state index contributed by atoms with van der Waals surface area (Å²) in [5.41, 5.74) is -0.719. The van der Waals surface area contributed by atoms with Gasteiger partial charge in [0.05, 0.1) is 11.6 Å². The van der Waals surface area contributed by atoms with Gasteiger partial charge in [-0.2, -0.15) is 5.10 Å². The largest absolute Gasteiger partial charge is 0.492 e. The van der Waals surface area contributed by atoms with Crippen molar-refractivity contribution in [3.05, 3.63) is 36.1 Å². The monoisotopic (exact) mass is 341 g/mol. The molecule has 0 saturated heterocycles. The standard InChI is InChI=1S/C17H12FN3O4/c1-17(2,16(23)24)15-20-12-10-6-19-21-14(22)11(10)9-5-7(18)3-4-8(9)13(12)25-15/h3-6H,1-2H3,(H,21,22)(H,23,24). The van der Waals surface area contributed by atoms with Gasteiger partial charge in [-0.15, -0.1) is 5.10 Å². The molecule has 4 rings (SSSR count). The fraction of sp³-hybridized carbons (Fsp3) is 0.176. The van der Waals surface area contributed by atoms with Crippen LogP contribution in [0.2, 0.25) is 0 Å². The van der Waals surface area contributed by atoms with Crippen LogP contribution in [0.25, 0.3) is 32.6 Å². The van der Waals surface area contributed by atoms with E-state index in [1.807, 2.05) is 0 Å². The summed E-state index contributed by atoms with van der Waals surface area (Å²) in [6, 6.07) is 4.00. The quantitative estimate of drug-likeness (QED) is 0.539. The summed E-state index contributed by atoms with van der Waals surface area (Å²) < 4.78 is 19.5. The number of aliphatic carboxylic acids is 1. The van der Waals surface area contributed by atoms with Crippen molar-refractivity contribution in [2.75, 3.05) is 0 Å². The minimum Gasteiger partial charge on any atom is -0.492 e. The minimum atomic E-state index is -1.36. The minimum absolute atomic E-state index is 0.00410. The van der Waals surface area contributed by atoms with Crippen molar-refractivity contribution in [2.45, 2.75) is 19.3 Å². The molecule has 0 spiro atoms. The highest BCUT2D eigenvalue weighted by atomic mass is 19.1. The molecule has 0 atom stereocenters. The molecule has 0 aliphatic rings. The molecule has 0 radical (unpaired) electrons. The molecule has 0 unspecified atom stereocenters. The Morgan fingerprint density at radius 1 is 1.24 bits per heavy atom. The lowest BCUT2D eigenvalue weighted by atomic mass is 9.94. The number of carbonyl (C=O) groups is 1. The molecule has 7 nitrogen and oxygen atoms in total. The highest BCUT2D eigenvalue weighted by Crippen LogP contribution is 2.39. The highest BCUT2D eigenvalue weighted by Gasteiger charge is 2.36. The molecule has 2 aromatic heterocycles. The molecule has 2 aromatic carbocycles. The van der Waals surface area contributed by atoms with E-state index in [0.29, 0.717) is 27.3 Å². The molecule has 2 heterocycles. The lowest BCUT2D eigenvalue weighted by molar-refractivity contribution is -0.143. The Bertz CT molecular complexity index is 1180. The maximum Gasteiger partial charge on any atom is 0.318 e. The van der Waals surface area contributed by atoms with E-state index in [1.54, 1.807) is 0 Å². The van der Waals surface area contributed by atoms with Gasteiger partial charge in [0.1, 0.15) is 16.7 Å². The van der Waals surface area contributed by atoms with E-state index in [4.69, 9.17) is 4.42 Å². The maximum absolute atomic E-state index is 13.8. The van der Waals surface area contributed by atoms with Crippen LogP contribution in [-0.4, -0.2) is 31.4 Å². The zero-order valence-electron chi connectivity index (χ0n) is 13.2. The number of hydrogen-bond acceptors (Lipinski definition) is 6. The third kappa shape index (κ3) is 2.03. The average Bonchev–Trinajstić information content (AvgIpc) is 3.01. The molecule has 0 aliphatic heterocycles. The van der Waals surface area contributed by atoms with Crippen molar-refractivity contribution in [3.8, 4) is 5.88 Å². The van der Waals surface area contributed by atoms with E-state index in [1.165, 1.54) is 38.2 Å². The van der Waals surface area contributed by atoms with Crippen LogP contribution < -0.4 is 0 Å². The van der Waals surface area contributed by atoms with Crippen LogP contribution in [0.5, 0.6) is 5.88 Å². The predicted molar refractivity (Wildman–Crippen MR) is 86.9 cm³/mol. The third-order valence-corrected chi connectivity index (χ3v) is 4.28. The Balaban J connectivity index is 2.25. The fourth-order valence-electron chi connectivity index (χ4n) is 2.79. The van der Waals surface area contributed by atoms with Gasteiger partial charge >= 0.3 is 5.97 Å². The summed E-state index contributed by atoms with van der Waals surface area (Å²) in [7, 11) is 0. The van der Waals surface area contributed by atoms with Crippen LogP contribution in [0.4, 0.5) is 4.39 Å². The van der Waals surface area contributed by atoms with Crippen LogP contribution in [0.1, 0.15) is 19.7 Å². The first-order valence-corrected chi connectivity index (χ1v) is 7.40. The molecule has 8 heteroatoms. The van der Waals surface area contributed by atoms with E-state index < -0.39 is 17.2 Å². The van der Waals surface area contributed by atoms with E-state index >= 15 is 0 Å². The van der Waals surface area contributed by atoms with Crippen LogP contribution in [-0.2, 0) is 10.2 Å². The van der Waals surface area contributed by atoms with E-state index in [-0.39, 0.29) is 17.2 Å². The number of carboxylic acid groups (broad SMARTS) is 1. The van der Waals surface area contributed by atoms with Crippen molar-refractivity contribution < 1.29 is 23.8 Å². The lowest BCUT2D eigenvalue weighted by Crippen LogP contribution is -2.28. The molecule has 4 aromatic rings. The molecule has 25 heavy (non-hydrogen) atoms. The SMILES string of the molecule is CC(C)(C(=O)O)c1nc2c3cnnc(O)c3c3cc(F)ccc3c2o1. The number of halogens is 1. The van der Waals surface area contributed by atoms with Gasteiger partial charge < -0.3 is 14.6 Å². The molecule has 0 amide bonds. The summed E-state index contributed by atoms with van der Waals surface area (Å²) in [5, 5.41) is 28.4. The number of aromatic nitrogens is 3. The zero-order chi connectivity index (χ0) is 17.9. The first-order chi connectivity index (χ1) is 11.8. The smallest absolute Gasteiger partial charge is 0.318 e. The normalized spacial score (nSPS) is 12.3. The summed E-state index contributed by atoms with van der Waals surface area (Å²) in [4.78, 5) is 15.8. The first kappa shape index (κ1) is 15.3. The first-order valence-electron chi connectivity index (χ1n) is 7.40. The van der Waals surface area contributed by atoms with Gasteiger partial charge in [-0.1, -0.05) is 0 Å². The van der Waals surface area contributed by atoms with Crippen molar-refractivity contribution >= 4 is 38.6 Å². The Hall–Kier alpha value is -3.29. The van der Waals surface area contributed by atoms with E-state index in [2.05, 4.69) is 15.2 Å². The molecule has 0 saturated carbocycles. The van der Waals surface area contributed by atoms with Gasteiger partial charge in [0.25, 0.3) is 0 Å². The average molecular weight is 341 g/mol. The lowest BCUT2D eigenvalue weighted by Gasteiger charge is -2.13. The number of oxazole rings is 1. The maximum atomic E-state index is 13.8. The van der Waals surface area contributed by atoms with Crippen LogP contribution in [0, 0.1) is 5.82 Å². The van der Waals surface area contributed by atoms with Gasteiger partial charge in [0.2, 0.25) is 11.8 Å². The Morgan fingerprint density at radius 2 is 2.00 bits per heavy atom. The number of benzene rings is 2. The summed E-state index contributed by atoms with van der Waals surface area (Å²) >= 11 is 0. The van der Waals surface area contributed by atoms with Gasteiger partial charge in [0, 0.05) is 16.2 Å². The zero-order valence-corrected chi connectivity index (χ0v) is 13.2. The third-order valence-electron chi connectivity index (χ3n) is 4.28. The second-order valence-corrected chi connectivity index (χ2v) is 6.27. The number of nitrogens with zero attached hydrogens (tertiary/aromatic N) is 3. The van der Waals surface area contributed by atoms with E-state index in [9.17, 15) is 19.4 Å². The highest BCUT2D eigenvalue weighted by molar-refractivity contribution is 6.23. The van der Waals surface area contributed by atoms with Crippen molar-refractivity contribution in [2.24, 2.45) is 0 Å². The summed E-state index contributed by atoms with van der Waals surface area (Å²) in [6.07, 6.45) is 1.38. The van der Waals surface area contributed by atoms with Crippen LogP contribution in [0.15, 0.2) is 28.8 Å². The molecule has 0 aliphatic carbocycles. The van der Waals surface area contributed by atoms with Gasteiger partial charge in [-0.25, -0.2) is 9.37 Å². The van der Waals surface area contributed by atoms with Crippen LogP contribution >= 0.6 is 0 Å². The molecule has 2 N–H and O–H groups in total. The molecular formula is C17H12FN3O4. The van der Waals surface area contributed by atoms with Gasteiger partial charge in [-0.05, 0) is 32.0 Å². The summed E-state index contributed by atoms with van der Waals surface area (Å²) in [5.74, 6) is -1.95. The van der Waals surface area contributed by atoms with Crippen LogP contribution in [0.3, 0.4) is 0 Å². The predicted octanol–water partition coefficient (Wildman–Crippen LogP) is 3.13. The molecular weight excluding hydrogens is 329 g/mol. The fourth-order valence-corrected chi connectivity index (χ4v) is 2.79. The van der Waals surface area contributed by atoms with Crippen molar-refractivity contribution in [1.82, 2.24) is 15.2 Å². The Kier molecular flexibility index (Phi) is 2.96. The number of hydrogen-bond donors (Lipinski definition) is 2. The summed E-state index contributed by atoms with van der Waals surface area (Å²) in [6.45, 7) is 2.95. The Morgan fingerprint density at radius 3 is 2.72 bits per heavy atom. The number of rotatable bonds is 2. The van der Waals surface area contributed by atoms with Crippen molar-refractivity contribution in [1.29, 1.82) is 0 Å². The second kappa shape index (κ2) is 4.85. The second-order valence-electron chi connectivity index (χ2n) is 6.27. The van der Waals surface area contributed by atoms with E-state index in [0.717, 1.165) is 0 Å². The van der Waals surface area contributed by atoms with Gasteiger partial charge in [-0.3, -0.25) is 4.79 Å². The van der Waals surface area contributed by atoms with Gasteiger partial charge in [0.15, 0.2) is 5.58 Å². The molecule has 0 fully saturated rings. The molecule has 126 valence electrons. The van der Waals surface area contributed by atoms with Crippen molar-refractivity contribution in [3.63, 3.8) is 0 Å².